The molecular formula is C12H15N5. The van der Waals surface area contributed by atoms with Gasteiger partial charge in [0.15, 0.2) is 0 Å². The number of aromatic nitrogens is 4. The second-order valence-electron chi connectivity index (χ2n) is 4.23. The molecule has 0 atom stereocenters. The van der Waals surface area contributed by atoms with E-state index < -0.39 is 0 Å². The lowest BCUT2D eigenvalue weighted by molar-refractivity contribution is 0.617. The summed E-state index contributed by atoms with van der Waals surface area (Å²) in [6, 6.07) is 2.14. The molecule has 2 aromatic rings. The summed E-state index contributed by atoms with van der Waals surface area (Å²) >= 11 is 0. The zero-order valence-electron chi connectivity index (χ0n) is 9.87. The number of aryl methyl sites for hydroxylation is 1. The number of nitrogens with zero attached hydrogens (tertiary/aromatic N) is 5. The van der Waals surface area contributed by atoms with Crippen molar-refractivity contribution in [2.75, 3.05) is 18.0 Å². The van der Waals surface area contributed by atoms with Gasteiger partial charge in [0, 0.05) is 31.4 Å². The fourth-order valence-corrected chi connectivity index (χ4v) is 1.90. The van der Waals surface area contributed by atoms with Crippen LogP contribution >= 0.6 is 0 Å². The summed E-state index contributed by atoms with van der Waals surface area (Å²) in [7, 11) is 0. The predicted octanol–water partition coefficient (Wildman–Crippen LogP) is 1.57. The van der Waals surface area contributed by atoms with Crippen LogP contribution in [0.15, 0.2) is 24.7 Å². The first-order valence-electron chi connectivity index (χ1n) is 5.97. The lowest BCUT2D eigenvalue weighted by Crippen LogP contribution is -2.36. The third kappa shape index (κ3) is 1.88. The first-order valence-corrected chi connectivity index (χ1v) is 5.97. The summed E-state index contributed by atoms with van der Waals surface area (Å²) in [5.41, 5.74) is 3.11. The zero-order chi connectivity index (χ0) is 11.7. The van der Waals surface area contributed by atoms with Crippen LogP contribution in [0.2, 0.25) is 0 Å². The van der Waals surface area contributed by atoms with Crippen LogP contribution in [0.1, 0.15) is 13.3 Å². The first-order chi connectivity index (χ1) is 8.36. The third-order valence-electron chi connectivity index (χ3n) is 3.10. The van der Waals surface area contributed by atoms with Crippen molar-refractivity contribution in [2.24, 2.45) is 0 Å². The van der Waals surface area contributed by atoms with Crippen molar-refractivity contribution in [3.63, 3.8) is 0 Å². The molecule has 3 rings (SSSR count). The summed E-state index contributed by atoms with van der Waals surface area (Å²) in [5.74, 6) is 0. The molecular weight excluding hydrogens is 214 g/mol. The summed E-state index contributed by atoms with van der Waals surface area (Å²) in [5, 5.41) is 8.20. The topological polar surface area (TPSA) is 46.8 Å². The average molecular weight is 229 g/mol. The summed E-state index contributed by atoms with van der Waals surface area (Å²) in [6.07, 6.45) is 6.98. The van der Waals surface area contributed by atoms with Crippen molar-refractivity contribution in [2.45, 2.75) is 19.9 Å². The van der Waals surface area contributed by atoms with Crippen LogP contribution in [0.3, 0.4) is 0 Å². The lowest BCUT2D eigenvalue weighted by atomic mass is 10.1. The molecule has 0 saturated carbocycles. The van der Waals surface area contributed by atoms with Gasteiger partial charge in [0.05, 0.1) is 18.1 Å². The molecule has 0 spiro atoms. The van der Waals surface area contributed by atoms with Crippen molar-refractivity contribution in [1.29, 1.82) is 0 Å². The zero-order valence-corrected chi connectivity index (χ0v) is 9.87. The molecule has 0 unspecified atom stereocenters. The molecule has 3 heterocycles. The van der Waals surface area contributed by atoms with Crippen molar-refractivity contribution < 1.29 is 0 Å². The van der Waals surface area contributed by atoms with E-state index in [1.54, 1.807) is 0 Å². The molecule has 0 radical (unpaired) electrons. The highest BCUT2D eigenvalue weighted by molar-refractivity contribution is 5.63. The van der Waals surface area contributed by atoms with Gasteiger partial charge in [-0.15, -0.1) is 5.10 Å². The van der Waals surface area contributed by atoms with E-state index in [4.69, 9.17) is 0 Å². The van der Waals surface area contributed by atoms with Crippen LogP contribution in [0.4, 0.5) is 5.69 Å². The molecule has 88 valence electrons. The molecule has 5 nitrogen and oxygen atoms in total. The molecule has 0 aromatic carbocycles. The Balaban J connectivity index is 1.91. The van der Waals surface area contributed by atoms with Crippen molar-refractivity contribution in [1.82, 2.24) is 20.0 Å². The van der Waals surface area contributed by atoms with E-state index in [1.165, 1.54) is 12.1 Å². The molecule has 1 saturated heterocycles. The number of rotatable bonds is 3. The highest BCUT2D eigenvalue weighted by Crippen LogP contribution is 2.24. The highest BCUT2D eigenvalue weighted by atomic mass is 15.4. The Labute approximate surface area is 100 Å². The minimum absolute atomic E-state index is 0.840. The van der Waals surface area contributed by atoms with Gasteiger partial charge in [0.25, 0.3) is 0 Å². The SMILES string of the molecule is CCn1cc(-c2cncc(N3CCC3)c2)nn1. The fraction of sp³-hybridized carbons (Fsp3) is 0.417. The Morgan fingerprint density at radius 2 is 2.18 bits per heavy atom. The van der Waals surface area contributed by atoms with Crippen molar-refractivity contribution in [3.05, 3.63) is 24.7 Å². The minimum Gasteiger partial charge on any atom is -0.370 e. The van der Waals surface area contributed by atoms with Gasteiger partial charge in [-0.05, 0) is 19.4 Å². The van der Waals surface area contributed by atoms with Gasteiger partial charge in [0.1, 0.15) is 5.69 Å². The van der Waals surface area contributed by atoms with Gasteiger partial charge in [-0.1, -0.05) is 5.21 Å². The predicted molar refractivity (Wildman–Crippen MR) is 65.8 cm³/mol. The van der Waals surface area contributed by atoms with Crippen LogP contribution < -0.4 is 4.90 Å². The summed E-state index contributed by atoms with van der Waals surface area (Å²) in [6.45, 7) is 5.15. The molecule has 0 bridgehead atoms. The van der Waals surface area contributed by atoms with E-state index in [1.807, 2.05) is 30.2 Å². The fourth-order valence-electron chi connectivity index (χ4n) is 1.90. The Bertz CT molecular complexity index is 515. The highest BCUT2D eigenvalue weighted by Gasteiger charge is 2.15. The molecule has 1 aliphatic rings. The van der Waals surface area contributed by atoms with E-state index in [0.717, 1.165) is 30.9 Å². The second-order valence-corrected chi connectivity index (χ2v) is 4.23. The molecule has 0 amide bonds. The van der Waals surface area contributed by atoms with Crippen LogP contribution in [0, 0.1) is 0 Å². The van der Waals surface area contributed by atoms with Crippen molar-refractivity contribution >= 4 is 5.69 Å². The Morgan fingerprint density at radius 3 is 2.82 bits per heavy atom. The third-order valence-corrected chi connectivity index (χ3v) is 3.10. The Hall–Kier alpha value is -1.91. The second kappa shape index (κ2) is 4.16. The van der Waals surface area contributed by atoms with Crippen LogP contribution in [-0.2, 0) is 6.54 Å². The lowest BCUT2D eigenvalue weighted by Gasteiger charge is -2.32. The molecule has 2 aromatic heterocycles. The van der Waals surface area contributed by atoms with Crippen LogP contribution in [0.5, 0.6) is 0 Å². The number of hydrogen-bond donors (Lipinski definition) is 0. The quantitative estimate of drug-likeness (QED) is 0.801. The summed E-state index contributed by atoms with van der Waals surface area (Å²) in [4.78, 5) is 6.60. The monoisotopic (exact) mass is 229 g/mol. The summed E-state index contributed by atoms with van der Waals surface area (Å²) < 4.78 is 1.83. The molecule has 1 aliphatic heterocycles. The molecule has 0 N–H and O–H groups in total. The molecule has 0 aliphatic carbocycles. The van der Waals surface area contributed by atoms with Crippen LogP contribution in [0.25, 0.3) is 11.3 Å². The van der Waals surface area contributed by atoms with E-state index in [2.05, 4.69) is 26.3 Å². The van der Waals surface area contributed by atoms with E-state index >= 15 is 0 Å². The smallest absolute Gasteiger partial charge is 0.114 e. The van der Waals surface area contributed by atoms with Gasteiger partial charge in [-0.25, -0.2) is 0 Å². The van der Waals surface area contributed by atoms with Crippen LogP contribution in [-0.4, -0.2) is 33.1 Å². The van der Waals surface area contributed by atoms with Crippen molar-refractivity contribution in [3.8, 4) is 11.3 Å². The number of hydrogen-bond acceptors (Lipinski definition) is 4. The van der Waals surface area contributed by atoms with E-state index in [9.17, 15) is 0 Å². The van der Waals surface area contributed by atoms with Gasteiger partial charge in [-0.2, -0.15) is 0 Å². The van der Waals surface area contributed by atoms with E-state index in [0.29, 0.717) is 0 Å². The average Bonchev–Trinajstić information content (AvgIpc) is 2.75. The Morgan fingerprint density at radius 1 is 1.29 bits per heavy atom. The number of anilines is 1. The number of pyridine rings is 1. The maximum absolute atomic E-state index is 4.28. The standard InChI is InChI=1S/C12H15N5/c1-2-17-9-12(14-15-17)10-6-11(8-13-7-10)16-4-3-5-16/h6-9H,2-5H2,1H3. The molecule has 1 fully saturated rings. The Kier molecular flexibility index (Phi) is 2.51. The maximum Gasteiger partial charge on any atom is 0.114 e. The molecule has 5 heteroatoms. The van der Waals surface area contributed by atoms with Gasteiger partial charge >= 0.3 is 0 Å². The van der Waals surface area contributed by atoms with E-state index in [-0.39, 0.29) is 0 Å². The van der Waals surface area contributed by atoms with Gasteiger partial charge in [0.2, 0.25) is 0 Å². The van der Waals surface area contributed by atoms with Gasteiger partial charge < -0.3 is 4.90 Å². The maximum atomic E-state index is 4.28. The largest absolute Gasteiger partial charge is 0.370 e. The normalized spacial score (nSPS) is 14.8. The van der Waals surface area contributed by atoms with Gasteiger partial charge in [-0.3, -0.25) is 9.67 Å². The first kappa shape index (κ1) is 10.3. The minimum atomic E-state index is 0.840. The molecule has 17 heavy (non-hydrogen) atoms.